The van der Waals surface area contributed by atoms with Crippen molar-refractivity contribution in [2.75, 3.05) is 6.54 Å². The van der Waals surface area contributed by atoms with Crippen molar-refractivity contribution in [3.05, 3.63) is 0 Å². The van der Waals surface area contributed by atoms with Crippen LogP contribution in [-0.4, -0.2) is 62.9 Å². The summed E-state index contributed by atoms with van der Waals surface area (Å²) in [4.78, 5) is 4.37. The molecule has 0 aromatic rings. The Morgan fingerprint density at radius 3 is 2.70 bits per heavy atom. The van der Waals surface area contributed by atoms with Crippen molar-refractivity contribution < 1.29 is 20.1 Å². The smallest absolute Gasteiger partial charge is 0.159 e. The van der Waals surface area contributed by atoms with Crippen molar-refractivity contribution in [1.82, 2.24) is 5.32 Å². The molecule has 1 saturated heterocycles. The molecule has 0 saturated carbocycles. The Morgan fingerprint density at radius 2 is 2.05 bits per heavy atom. The number of rotatable bonds is 5. The Bertz CT molecular complexity index is 355. The van der Waals surface area contributed by atoms with Crippen LogP contribution in [0.1, 0.15) is 33.1 Å². The number of thioether (sulfide) groups is 1. The van der Waals surface area contributed by atoms with E-state index in [1.54, 1.807) is 0 Å². The van der Waals surface area contributed by atoms with Gasteiger partial charge in [0.1, 0.15) is 29.8 Å². The van der Waals surface area contributed by atoms with Crippen LogP contribution in [-0.2, 0) is 4.74 Å². The molecule has 1 fully saturated rings. The van der Waals surface area contributed by atoms with Crippen LogP contribution in [0.15, 0.2) is 4.99 Å². The van der Waals surface area contributed by atoms with Gasteiger partial charge in [-0.05, 0) is 12.8 Å². The summed E-state index contributed by atoms with van der Waals surface area (Å²) in [6, 6.07) is -0.473. The lowest BCUT2D eigenvalue weighted by Crippen LogP contribution is -2.58. The van der Waals surface area contributed by atoms with Gasteiger partial charge in [0.2, 0.25) is 0 Å². The predicted octanol–water partition coefficient (Wildman–Crippen LogP) is 0.0651. The largest absolute Gasteiger partial charge is 0.390 e. The molecule has 0 radical (unpaired) electrons. The zero-order chi connectivity index (χ0) is 14.7. The van der Waals surface area contributed by atoms with E-state index in [1.807, 2.05) is 6.92 Å². The van der Waals surface area contributed by atoms with Gasteiger partial charge >= 0.3 is 0 Å². The molecule has 0 spiro atoms. The molecule has 20 heavy (non-hydrogen) atoms. The number of hydrogen-bond acceptors (Lipinski definition) is 7. The summed E-state index contributed by atoms with van der Waals surface area (Å²) in [6.45, 7) is 4.83. The van der Waals surface area contributed by atoms with Crippen molar-refractivity contribution >= 4 is 16.9 Å². The molecule has 2 aliphatic heterocycles. The van der Waals surface area contributed by atoms with E-state index in [1.165, 1.54) is 11.8 Å². The van der Waals surface area contributed by atoms with Gasteiger partial charge in [-0.25, -0.2) is 0 Å². The van der Waals surface area contributed by atoms with Crippen molar-refractivity contribution in [2.24, 2.45) is 4.99 Å². The highest BCUT2D eigenvalue weighted by Crippen LogP contribution is 2.37. The highest BCUT2D eigenvalue weighted by Gasteiger charge is 2.49. The van der Waals surface area contributed by atoms with Crippen LogP contribution < -0.4 is 5.32 Å². The number of aliphatic hydroxyl groups excluding tert-OH is 3. The topological polar surface area (TPSA) is 94.3 Å². The first-order valence-corrected chi connectivity index (χ1v) is 8.14. The van der Waals surface area contributed by atoms with E-state index in [0.717, 1.165) is 24.6 Å². The zero-order valence-electron chi connectivity index (χ0n) is 11.9. The molecular weight excluding hydrogens is 280 g/mol. The van der Waals surface area contributed by atoms with E-state index in [0.29, 0.717) is 6.42 Å². The molecule has 7 heteroatoms. The Hall–Kier alpha value is -0.340. The van der Waals surface area contributed by atoms with Crippen molar-refractivity contribution in [1.29, 1.82) is 0 Å². The number of amidine groups is 1. The summed E-state index contributed by atoms with van der Waals surface area (Å²) in [5, 5.41) is 34.2. The maximum Gasteiger partial charge on any atom is 0.159 e. The second-order valence-electron chi connectivity index (χ2n) is 5.28. The molecule has 0 unspecified atom stereocenters. The molecule has 2 aliphatic rings. The van der Waals surface area contributed by atoms with Gasteiger partial charge < -0.3 is 25.4 Å². The number of aliphatic hydroxyl groups is 3. The lowest BCUT2D eigenvalue weighted by atomic mass is 9.93. The summed E-state index contributed by atoms with van der Waals surface area (Å²) in [7, 11) is 0. The quantitative estimate of drug-likeness (QED) is 0.574. The monoisotopic (exact) mass is 304 g/mol. The van der Waals surface area contributed by atoms with Crippen LogP contribution in [0, 0.1) is 0 Å². The normalized spacial score (nSPS) is 38.2. The van der Waals surface area contributed by atoms with Gasteiger partial charge in [0.05, 0.1) is 6.10 Å². The van der Waals surface area contributed by atoms with E-state index in [9.17, 15) is 15.3 Å². The minimum absolute atomic E-state index is 0.343. The van der Waals surface area contributed by atoms with Crippen LogP contribution in [0.2, 0.25) is 0 Å². The Morgan fingerprint density at radius 1 is 1.30 bits per heavy atom. The summed E-state index contributed by atoms with van der Waals surface area (Å²) in [6.07, 6.45) is -1.30. The molecular formula is C13H24N2O4S. The third-order valence-corrected chi connectivity index (χ3v) is 4.69. The fraction of sp³-hybridized carbons (Fsp3) is 0.923. The van der Waals surface area contributed by atoms with Gasteiger partial charge in [-0.3, -0.25) is 4.99 Å². The molecule has 6 atom stereocenters. The number of nitrogens with zero attached hydrogens (tertiary/aromatic N) is 1. The predicted molar refractivity (Wildman–Crippen MR) is 78.7 cm³/mol. The fourth-order valence-electron chi connectivity index (χ4n) is 2.48. The highest BCUT2D eigenvalue weighted by molar-refractivity contribution is 8.14. The van der Waals surface area contributed by atoms with E-state index in [2.05, 4.69) is 17.2 Å². The van der Waals surface area contributed by atoms with E-state index < -0.39 is 30.5 Å². The summed E-state index contributed by atoms with van der Waals surface area (Å²) in [5.41, 5.74) is -0.343. The van der Waals surface area contributed by atoms with Gasteiger partial charge in [-0.1, -0.05) is 32.0 Å². The first kappa shape index (κ1) is 16.0. The molecule has 2 heterocycles. The first-order valence-electron chi connectivity index (χ1n) is 7.26. The lowest BCUT2D eigenvalue weighted by molar-refractivity contribution is -0.185. The molecule has 2 rings (SSSR count). The zero-order valence-corrected chi connectivity index (χ0v) is 12.7. The number of nitrogens with one attached hydrogen (secondary N) is 1. The van der Waals surface area contributed by atoms with Gasteiger partial charge in [0, 0.05) is 6.54 Å². The summed E-state index contributed by atoms with van der Waals surface area (Å²) >= 11 is 1.41. The van der Waals surface area contributed by atoms with Crippen molar-refractivity contribution in [3.8, 4) is 0 Å². The molecule has 6 nitrogen and oxygen atoms in total. The molecule has 4 N–H and O–H groups in total. The number of aliphatic imine (C=N–C) groups is 1. The first-order chi connectivity index (χ1) is 9.58. The third-order valence-electron chi connectivity index (χ3n) is 3.59. The second kappa shape index (κ2) is 7.09. The highest BCUT2D eigenvalue weighted by atomic mass is 32.2. The number of ether oxygens (including phenoxy) is 1. The van der Waals surface area contributed by atoms with Gasteiger partial charge in [-0.2, -0.15) is 0 Å². The van der Waals surface area contributed by atoms with Crippen LogP contribution in [0.4, 0.5) is 0 Å². The molecule has 116 valence electrons. The molecule has 0 amide bonds. The third kappa shape index (κ3) is 3.28. The van der Waals surface area contributed by atoms with Crippen LogP contribution in [0.25, 0.3) is 0 Å². The van der Waals surface area contributed by atoms with Crippen molar-refractivity contribution in [2.45, 2.75) is 69.0 Å². The Balaban J connectivity index is 2.01. The van der Waals surface area contributed by atoms with Gasteiger partial charge in [0.25, 0.3) is 0 Å². The lowest BCUT2D eigenvalue weighted by Gasteiger charge is -2.40. The average molecular weight is 304 g/mol. The van der Waals surface area contributed by atoms with Gasteiger partial charge in [0.15, 0.2) is 5.17 Å². The molecule has 0 aliphatic carbocycles. The van der Waals surface area contributed by atoms with E-state index in [4.69, 9.17) is 4.74 Å². The SMILES string of the molecule is CCCNC1=N[C@@H]2[C@@H](O)[C@H](O)[C@@H]([C@H](O)CCC)O[C@@H]2S1. The summed E-state index contributed by atoms with van der Waals surface area (Å²) in [5.74, 6) is 0. The minimum atomic E-state index is -1.10. The second-order valence-corrected chi connectivity index (χ2v) is 6.36. The average Bonchev–Trinajstić information content (AvgIpc) is 2.84. The molecule has 0 bridgehead atoms. The van der Waals surface area contributed by atoms with E-state index in [-0.39, 0.29) is 5.44 Å². The molecule has 0 aromatic carbocycles. The maximum atomic E-state index is 10.2. The number of hydrogen-bond donors (Lipinski definition) is 4. The van der Waals surface area contributed by atoms with E-state index >= 15 is 0 Å². The standard InChI is InChI=1S/C13H24N2O4S/c1-3-5-7(16)11-10(18)9(17)8-12(19-11)20-13(15-8)14-6-4-2/h7-12,16-18H,3-6H2,1-2H3,(H,14,15)/t7-,8-,9-,10+,11-,12-/m1/s1. The van der Waals surface area contributed by atoms with Crippen molar-refractivity contribution in [3.63, 3.8) is 0 Å². The molecule has 0 aromatic heterocycles. The van der Waals surface area contributed by atoms with Crippen LogP contribution in [0.5, 0.6) is 0 Å². The Kier molecular flexibility index (Phi) is 5.68. The number of fused-ring (bicyclic) bond motifs is 1. The minimum Gasteiger partial charge on any atom is -0.390 e. The maximum absolute atomic E-state index is 10.2. The van der Waals surface area contributed by atoms with Crippen LogP contribution >= 0.6 is 11.8 Å². The van der Waals surface area contributed by atoms with Gasteiger partial charge in [-0.15, -0.1) is 0 Å². The Labute approximate surface area is 123 Å². The summed E-state index contributed by atoms with van der Waals surface area (Å²) < 4.78 is 5.77. The van der Waals surface area contributed by atoms with Crippen LogP contribution in [0.3, 0.4) is 0 Å². The fourth-order valence-corrected chi connectivity index (χ4v) is 3.61.